The summed E-state index contributed by atoms with van der Waals surface area (Å²) in [5, 5.41) is 0. The average Bonchev–Trinajstić information content (AvgIpc) is 2.45. The number of hydrogen-bond acceptors (Lipinski definition) is 4. The molecule has 23 heavy (non-hydrogen) atoms. The molecule has 1 aliphatic heterocycles. The van der Waals surface area contributed by atoms with E-state index >= 15 is 0 Å². The van der Waals surface area contributed by atoms with Crippen LogP contribution in [0.1, 0.15) is 31.1 Å². The fraction of sp³-hybridized carbons (Fsp3) is 0.500. The minimum absolute atomic E-state index is 0.0688. The molecule has 0 radical (unpaired) electrons. The van der Waals surface area contributed by atoms with Gasteiger partial charge in [-0.15, -0.1) is 0 Å². The number of benzene rings is 1. The molecule has 6 nitrogen and oxygen atoms in total. The predicted molar refractivity (Wildman–Crippen MR) is 92.3 cm³/mol. The molecule has 1 saturated heterocycles. The van der Waals surface area contributed by atoms with Crippen LogP contribution in [0.25, 0.3) is 0 Å². The first-order chi connectivity index (χ1) is 10.7. The first-order valence-corrected chi connectivity index (χ1v) is 8.29. The number of rotatable bonds is 1. The van der Waals surface area contributed by atoms with E-state index in [1.165, 1.54) is 0 Å². The van der Waals surface area contributed by atoms with E-state index < -0.39 is 5.60 Å². The number of nitrogens with two attached hydrogens (primary N) is 1. The third-order valence-electron chi connectivity index (χ3n) is 3.44. The SMILES string of the molecule is CC(C)(C)OC(=O)N1CCN(C(=O)c2ccc(N)cc2Br)CC1. The normalized spacial score (nSPS) is 15.5. The maximum Gasteiger partial charge on any atom is 0.410 e. The zero-order chi connectivity index (χ0) is 17.2. The van der Waals surface area contributed by atoms with Crippen molar-refractivity contribution in [3.63, 3.8) is 0 Å². The summed E-state index contributed by atoms with van der Waals surface area (Å²) in [5.74, 6) is -0.0688. The molecule has 1 aliphatic rings. The second-order valence-corrected chi connectivity index (χ2v) is 7.35. The van der Waals surface area contributed by atoms with Gasteiger partial charge in [0.05, 0.1) is 5.56 Å². The summed E-state index contributed by atoms with van der Waals surface area (Å²) in [5.41, 5.74) is 6.35. The van der Waals surface area contributed by atoms with Gasteiger partial charge in [0.25, 0.3) is 5.91 Å². The van der Waals surface area contributed by atoms with E-state index in [1.54, 1.807) is 28.0 Å². The summed E-state index contributed by atoms with van der Waals surface area (Å²) in [7, 11) is 0. The Balaban J connectivity index is 1.96. The van der Waals surface area contributed by atoms with Gasteiger partial charge in [-0.3, -0.25) is 4.79 Å². The molecule has 2 rings (SSSR count). The minimum Gasteiger partial charge on any atom is -0.444 e. The summed E-state index contributed by atoms with van der Waals surface area (Å²) >= 11 is 3.37. The molecule has 1 aromatic rings. The smallest absolute Gasteiger partial charge is 0.410 e. The molecule has 1 fully saturated rings. The van der Waals surface area contributed by atoms with Crippen molar-refractivity contribution < 1.29 is 14.3 Å². The van der Waals surface area contributed by atoms with Crippen molar-refractivity contribution in [1.82, 2.24) is 9.80 Å². The van der Waals surface area contributed by atoms with Crippen LogP contribution in [0.4, 0.5) is 10.5 Å². The third kappa shape index (κ3) is 4.60. The molecular weight excluding hydrogens is 362 g/mol. The van der Waals surface area contributed by atoms with Crippen molar-refractivity contribution in [1.29, 1.82) is 0 Å². The first kappa shape index (κ1) is 17.6. The number of carbonyl (C=O) groups excluding carboxylic acids is 2. The summed E-state index contributed by atoms with van der Waals surface area (Å²) in [6, 6.07) is 5.13. The highest BCUT2D eigenvalue weighted by atomic mass is 79.9. The van der Waals surface area contributed by atoms with Crippen molar-refractivity contribution in [2.45, 2.75) is 26.4 Å². The van der Waals surface area contributed by atoms with Gasteiger partial charge in [-0.1, -0.05) is 0 Å². The highest BCUT2D eigenvalue weighted by Crippen LogP contribution is 2.22. The molecule has 2 N–H and O–H groups in total. The number of anilines is 1. The maximum atomic E-state index is 12.6. The largest absolute Gasteiger partial charge is 0.444 e. The average molecular weight is 384 g/mol. The van der Waals surface area contributed by atoms with Crippen molar-refractivity contribution >= 4 is 33.6 Å². The molecule has 0 aromatic heterocycles. The highest BCUT2D eigenvalue weighted by molar-refractivity contribution is 9.10. The van der Waals surface area contributed by atoms with Crippen LogP contribution >= 0.6 is 15.9 Å². The molecule has 7 heteroatoms. The molecular formula is C16H22BrN3O3. The number of hydrogen-bond donors (Lipinski definition) is 1. The number of amides is 2. The van der Waals surface area contributed by atoms with Gasteiger partial charge in [0, 0.05) is 36.3 Å². The summed E-state index contributed by atoms with van der Waals surface area (Å²) < 4.78 is 6.03. The zero-order valence-corrected chi connectivity index (χ0v) is 15.2. The molecule has 0 bridgehead atoms. The Labute approximate surface area is 144 Å². The summed E-state index contributed by atoms with van der Waals surface area (Å²) in [6.45, 7) is 7.40. The van der Waals surface area contributed by atoms with Gasteiger partial charge in [-0.25, -0.2) is 4.79 Å². The van der Waals surface area contributed by atoms with Gasteiger partial charge in [-0.2, -0.15) is 0 Å². The Kier molecular flexibility index (Phi) is 5.19. The van der Waals surface area contributed by atoms with Crippen LogP contribution in [0, 0.1) is 0 Å². The number of carbonyl (C=O) groups is 2. The number of nitrogens with zero attached hydrogens (tertiary/aromatic N) is 2. The first-order valence-electron chi connectivity index (χ1n) is 7.49. The molecule has 1 heterocycles. The van der Waals surface area contributed by atoms with E-state index in [0.29, 0.717) is 41.9 Å². The van der Waals surface area contributed by atoms with Gasteiger partial charge >= 0.3 is 6.09 Å². The fourth-order valence-corrected chi connectivity index (χ4v) is 2.86. The highest BCUT2D eigenvalue weighted by Gasteiger charge is 2.28. The van der Waals surface area contributed by atoms with Crippen LogP contribution < -0.4 is 5.73 Å². The predicted octanol–water partition coefficient (Wildman–Crippen LogP) is 2.72. The van der Waals surface area contributed by atoms with E-state index in [9.17, 15) is 9.59 Å². The lowest BCUT2D eigenvalue weighted by Gasteiger charge is -2.35. The summed E-state index contributed by atoms with van der Waals surface area (Å²) in [4.78, 5) is 28.0. The van der Waals surface area contributed by atoms with E-state index in [2.05, 4.69) is 15.9 Å². The van der Waals surface area contributed by atoms with Crippen LogP contribution in [0.15, 0.2) is 22.7 Å². The van der Waals surface area contributed by atoms with Gasteiger partial charge in [0.1, 0.15) is 5.60 Å². The van der Waals surface area contributed by atoms with Crippen LogP contribution in [0.5, 0.6) is 0 Å². The van der Waals surface area contributed by atoms with E-state index in [1.807, 2.05) is 20.8 Å². The van der Waals surface area contributed by atoms with E-state index in [4.69, 9.17) is 10.5 Å². The van der Waals surface area contributed by atoms with Crippen molar-refractivity contribution in [2.75, 3.05) is 31.9 Å². The van der Waals surface area contributed by atoms with Crippen LogP contribution in [-0.2, 0) is 4.74 Å². The molecule has 0 spiro atoms. The van der Waals surface area contributed by atoms with Gasteiger partial charge in [-0.05, 0) is 54.9 Å². The summed E-state index contributed by atoms with van der Waals surface area (Å²) in [6.07, 6.45) is -0.335. The van der Waals surface area contributed by atoms with Crippen molar-refractivity contribution in [2.24, 2.45) is 0 Å². The minimum atomic E-state index is -0.515. The Bertz CT molecular complexity index is 605. The lowest BCUT2D eigenvalue weighted by atomic mass is 10.1. The molecule has 0 atom stereocenters. The van der Waals surface area contributed by atoms with Gasteiger partial charge in [0.15, 0.2) is 0 Å². The number of halogens is 1. The number of nitrogen functional groups attached to an aromatic ring is 1. The fourth-order valence-electron chi connectivity index (χ4n) is 2.29. The molecule has 126 valence electrons. The lowest BCUT2D eigenvalue weighted by Crippen LogP contribution is -2.51. The Morgan fingerprint density at radius 2 is 1.70 bits per heavy atom. The third-order valence-corrected chi connectivity index (χ3v) is 4.10. The Morgan fingerprint density at radius 1 is 1.13 bits per heavy atom. The molecule has 0 aliphatic carbocycles. The van der Waals surface area contributed by atoms with Gasteiger partial charge in [0.2, 0.25) is 0 Å². The molecule has 1 aromatic carbocycles. The van der Waals surface area contributed by atoms with E-state index in [0.717, 1.165) is 0 Å². The zero-order valence-electron chi connectivity index (χ0n) is 13.6. The second-order valence-electron chi connectivity index (χ2n) is 6.50. The molecule has 0 saturated carbocycles. The number of ether oxygens (including phenoxy) is 1. The second kappa shape index (κ2) is 6.78. The van der Waals surface area contributed by atoms with Crippen molar-refractivity contribution in [3.05, 3.63) is 28.2 Å². The van der Waals surface area contributed by atoms with Crippen LogP contribution in [0.3, 0.4) is 0 Å². The quantitative estimate of drug-likeness (QED) is 0.756. The van der Waals surface area contributed by atoms with E-state index in [-0.39, 0.29) is 12.0 Å². The standard InChI is InChI=1S/C16H22BrN3O3/c1-16(2,3)23-15(22)20-8-6-19(7-9-20)14(21)12-5-4-11(18)10-13(12)17/h4-5,10H,6-9,18H2,1-3H3. The monoisotopic (exact) mass is 383 g/mol. The Hall–Kier alpha value is -1.76. The van der Waals surface area contributed by atoms with Crippen LogP contribution in [0.2, 0.25) is 0 Å². The lowest BCUT2D eigenvalue weighted by molar-refractivity contribution is 0.0141. The molecule has 0 unspecified atom stereocenters. The maximum absolute atomic E-state index is 12.6. The van der Waals surface area contributed by atoms with Crippen molar-refractivity contribution in [3.8, 4) is 0 Å². The van der Waals surface area contributed by atoms with Gasteiger partial charge < -0.3 is 20.3 Å². The Morgan fingerprint density at radius 3 is 2.22 bits per heavy atom. The van der Waals surface area contributed by atoms with Crippen LogP contribution in [-0.4, -0.2) is 53.6 Å². The topological polar surface area (TPSA) is 75.9 Å². The molecule has 2 amide bonds. The number of piperazine rings is 1.